The van der Waals surface area contributed by atoms with Crippen molar-refractivity contribution in [1.82, 2.24) is 16.0 Å². The second-order valence-corrected chi connectivity index (χ2v) is 4.90. The Morgan fingerprint density at radius 2 is 2.33 bits per heavy atom. The standard InChI is InChI=1S/C10H17N3O4S/c1-18-3-2-6(10(16)17)13-9(15)7-4-12-8(14)5-11-7/h6-7,11H,2-5H2,1H3,(H,12,14)(H,13,15)(H,16,17)/t6-,7?/m1/s1. The number of carboxylic acid groups (broad SMARTS) is 1. The van der Waals surface area contributed by atoms with E-state index in [1.165, 1.54) is 11.8 Å². The maximum absolute atomic E-state index is 11.8. The predicted octanol–water partition coefficient (Wildman–Crippen LogP) is -1.60. The zero-order valence-electron chi connectivity index (χ0n) is 10.1. The van der Waals surface area contributed by atoms with Crippen molar-refractivity contribution in [1.29, 1.82) is 0 Å². The number of aliphatic carboxylic acids is 1. The molecule has 0 saturated carbocycles. The number of rotatable bonds is 6. The summed E-state index contributed by atoms with van der Waals surface area (Å²) >= 11 is 1.52. The first-order valence-corrected chi connectivity index (χ1v) is 6.96. The number of thioether (sulfide) groups is 1. The van der Waals surface area contributed by atoms with Gasteiger partial charge in [0.05, 0.1) is 6.54 Å². The third-order valence-electron chi connectivity index (χ3n) is 2.55. The highest BCUT2D eigenvalue weighted by molar-refractivity contribution is 7.98. The van der Waals surface area contributed by atoms with Gasteiger partial charge in [0.1, 0.15) is 12.1 Å². The lowest BCUT2D eigenvalue weighted by Crippen LogP contribution is -2.59. The molecule has 102 valence electrons. The van der Waals surface area contributed by atoms with E-state index in [1.54, 1.807) is 0 Å². The summed E-state index contributed by atoms with van der Waals surface area (Å²) in [6.45, 7) is 0.250. The number of carbonyl (C=O) groups excluding carboxylic acids is 2. The van der Waals surface area contributed by atoms with E-state index in [1.807, 2.05) is 6.26 Å². The summed E-state index contributed by atoms with van der Waals surface area (Å²) < 4.78 is 0. The molecule has 0 spiro atoms. The molecule has 1 unspecified atom stereocenters. The Hall–Kier alpha value is -1.28. The smallest absolute Gasteiger partial charge is 0.326 e. The number of hydrogen-bond donors (Lipinski definition) is 4. The van der Waals surface area contributed by atoms with Gasteiger partial charge in [-0.2, -0.15) is 11.8 Å². The summed E-state index contributed by atoms with van der Waals surface area (Å²) in [4.78, 5) is 33.7. The highest BCUT2D eigenvalue weighted by Gasteiger charge is 2.27. The zero-order valence-corrected chi connectivity index (χ0v) is 10.9. The van der Waals surface area contributed by atoms with Crippen LogP contribution in [0.3, 0.4) is 0 Å². The molecule has 7 nitrogen and oxygen atoms in total. The molecule has 0 bridgehead atoms. The van der Waals surface area contributed by atoms with Crippen LogP contribution in [0.4, 0.5) is 0 Å². The summed E-state index contributed by atoms with van der Waals surface area (Å²) in [5.41, 5.74) is 0. The van der Waals surface area contributed by atoms with Gasteiger partial charge in [-0.1, -0.05) is 0 Å². The van der Waals surface area contributed by atoms with Crippen LogP contribution in [0.15, 0.2) is 0 Å². The molecule has 1 fully saturated rings. The van der Waals surface area contributed by atoms with E-state index in [0.29, 0.717) is 12.2 Å². The van der Waals surface area contributed by atoms with Gasteiger partial charge in [-0.3, -0.25) is 14.9 Å². The maximum atomic E-state index is 11.8. The molecule has 1 rings (SSSR count). The van der Waals surface area contributed by atoms with Gasteiger partial charge in [0.25, 0.3) is 0 Å². The third-order valence-corrected chi connectivity index (χ3v) is 3.20. The second-order valence-electron chi connectivity index (χ2n) is 3.92. The molecule has 2 amide bonds. The molecule has 1 aliphatic rings. The predicted molar refractivity (Wildman–Crippen MR) is 67.4 cm³/mol. The van der Waals surface area contributed by atoms with E-state index in [-0.39, 0.29) is 19.0 Å². The van der Waals surface area contributed by atoms with Gasteiger partial charge in [0, 0.05) is 6.54 Å². The van der Waals surface area contributed by atoms with Crippen LogP contribution >= 0.6 is 11.8 Å². The largest absolute Gasteiger partial charge is 0.480 e. The Kier molecular flexibility index (Phi) is 5.93. The average Bonchev–Trinajstić information content (AvgIpc) is 2.34. The number of carbonyl (C=O) groups is 3. The lowest BCUT2D eigenvalue weighted by Gasteiger charge is -2.24. The molecular formula is C10H17N3O4S. The fourth-order valence-electron chi connectivity index (χ4n) is 1.52. The normalized spacial score (nSPS) is 20.9. The first-order valence-electron chi connectivity index (χ1n) is 5.56. The molecule has 1 saturated heterocycles. The summed E-state index contributed by atoms with van der Waals surface area (Å²) in [6, 6.07) is -1.46. The Balaban J connectivity index is 2.45. The van der Waals surface area contributed by atoms with Crippen LogP contribution in [0.2, 0.25) is 0 Å². The summed E-state index contributed by atoms with van der Waals surface area (Å²) in [7, 11) is 0. The van der Waals surface area contributed by atoms with E-state index < -0.39 is 24.0 Å². The number of hydrogen-bond acceptors (Lipinski definition) is 5. The Labute approximate surface area is 109 Å². The third kappa shape index (κ3) is 4.53. The fourth-order valence-corrected chi connectivity index (χ4v) is 1.99. The van der Waals surface area contributed by atoms with Gasteiger partial charge < -0.3 is 15.7 Å². The Morgan fingerprint density at radius 1 is 1.61 bits per heavy atom. The van der Waals surface area contributed by atoms with Crippen LogP contribution in [0, 0.1) is 0 Å². The molecule has 4 N–H and O–H groups in total. The van der Waals surface area contributed by atoms with E-state index in [2.05, 4.69) is 16.0 Å². The molecule has 0 aliphatic carbocycles. The van der Waals surface area contributed by atoms with E-state index in [4.69, 9.17) is 5.11 Å². The maximum Gasteiger partial charge on any atom is 0.326 e. The van der Waals surface area contributed by atoms with Crippen LogP contribution in [0.5, 0.6) is 0 Å². The highest BCUT2D eigenvalue weighted by atomic mass is 32.2. The van der Waals surface area contributed by atoms with Crippen LogP contribution in [0.1, 0.15) is 6.42 Å². The van der Waals surface area contributed by atoms with E-state index >= 15 is 0 Å². The van der Waals surface area contributed by atoms with Gasteiger partial charge >= 0.3 is 5.97 Å². The number of piperazine rings is 1. The molecule has 18 heavy (non-hydrogen) atoms. The van der Waals surface area contributed by atoms with Gasteiger partial charge in [-0.25, -0.2) is 4.79 Å². The van der Waals surface area contributed by atoms with Gasteiger partial charge in [0.15, 0.2) is 0 Å². The monoisotopic (exact) mass is 275 g/mol. The number of amides is 2. The molecule has 0 aromatic carbocycles. The van der Waals surface area contributed by atoms with Crippen LogP contribution in [-0.4, -0.2) is 60.1 Å². The SMILES string of the molecule is CSCC[C@@H](NC(=O)C1CNC(=O)CN1)C(=O)O. The quantitative estimate of drug-likeness (QED) is 0.465. The van der Waals surface area contributed by atoms with Crippen molar-refractivity contribution >= 4 is 29.5 Å². The summed E-state index contributed by atoms with van der Waals surface area (Å²) in [6.07, 6.45) is 2.25. The van der Waals surface area contributed by atoms with Crippen molar-refractivity contribution in [2.24, 2.45) is 0 Å². The van der Waals surface area contributed by atoms with Crippen molar-refractivity contribution in [3.63, 3.8) is 0 Å². The van der Waals surface area contributed by atoms with Crippen LogP contribution in [-0.2, 0) is 14.4 Å². The minimum Gasteiger partial charge on any atom is -0.480 e. The zero-order chi connectivity index (χ0) is 13.5. The van der Waals surface area contributed by atoms with Crippen molar-refractivity contribution < 1.29 is 19.5 Å². The van der Waals surface area contributed by atoms with E-state index in [0.717, 1.165) is 0 Å². The minimum atomic E-state index is -1.04. The minimum absolute atomic E-state index is 0.0701. The Bertz CT molecular complexity index is 327. The van der Waals surface area contributed by atoms with Gasteiger partial charge in [0.2, 0.25) is 11.8 Å². The molecule has 0 aromatic heterocycles. The van der Waals surface area contributed by atoms with Crippen LogP contribution < -0.4 is 16.0 Å². The van der Waals surface area contributed by atoms with Crippen molar-refractivity contribution in [3.8, 4) is 0 Å². The fraction of sp³-hybridized carbons (Fsp3) is 0.700. The summed E-state index contributed by atoms with van der Waals surface area (Å²) in [5, 5.41) is 16.7. The molecular weight excluding hydrogens is 258 g/mol. The van der Waals surface area contributed by atoms with E-state index in [9.17, 15) is 14.4 Å². The average molecular weight is 275 g/mol. The Morgan fingerprint density at radius 3 is 2.83 bits per heavy atom. The summed E-state index contributed by atoms with van der Waals surface area (Å²) in [5.74, 6) is -0.955. The molecule has 8 heteroatoms. The highest BCUT2D eigenvalue weighted by Crippen LogP contribution is 2.02. The molecule has 0 aromatic rings. The lowest BCUT2D eigenvalue weighted by molar-refractivity contribution is -0.142. The molecule has 2 atom stereocenters. The molecule has 0 radical (unpaired) electrons. The number of nitrogens with one attached hydrogen (secondary N) is 3. The molecule has 1 aliphatic heterocycles. The van der Waals surface area contributed by atoms with Gasteiger partial charge in [-0.05, 0) is 18.4 Å². The van der Waals surface area contributed by atoms with Crippen LogP contribution in [0.25, 0.3) is 0 Å². The second kappa shape index (κ2) is 7.22. The van der Waals surface area contributed by atoms with Crippen molar-refractivity contribution in [3.05, 3.63) is 0 Å². The first-order chi connectivity index (χ1) is 8.54. The topological polar surface area (TPSA) is 108 Å². The van der Waals surface area contributed by atoms with Crippen molar-refractivity contribution in [2.75, 3.05) is 25.1 Å². The molecule has 1 heterocycles. The first kappa shape index (κ1) is 14.8. The number of carboxylic acids is 1. The van der Waals surface area contributed by atoms with Crippen molar-refractivity contribution in [2.45, 2.75) is 18.5 Å². The van der Waals surface area contributed by atoms with Gasteiger partial charge in [-0.15, -0.1) is 0 Å². The lowest BCUT2D eigenvalue weighted by atomic mass is 10.1.